The summed E-state index contributed by atoms with van der Waals surface area (Å²) in [5.74, 6) is 0. The van der Waals surface area contributed by atoms with Gasteiger partial charge in [0.25, 0.3) is 0 Å². The quantitative estimate of drug-likeness (QED) is 0.698. The van der Waals surface area contributed by atoms with Gasteiger partial charge in [0.2, 0.25) is 0 Å². The van der Waals surface area contributed by atoms with Gasteiger partial charge in [0.05, 0.1) is 21.1 Å². The third kappa shape index (κ3) is 1.37. The van der Waals surface area contributed by atoms with Gasteiger partial charge in [-0.1, -0.05) is 23.2 Å². The van der Waals surface area contributed by atoms with Gasteiger partial charge in [-0.2, -0.15) is 0 Å². The topological polar surface area (TPSA) is 30.0 Å². The number of carbonyl (C=O) groups is 1. The normalized spacial score (nSPS) is 10.4. The van der Waals surface area contributed by atoms with Crippen molar-refractivity contribution in [2.75, 3.05) is 0 Å². The van der Waals surface area contributed by atoms with Gasteiger partial charge in [-0.05, 0) is 18.2 Å². The van der Waals surface area contributed by atoms with Crippen LogP contribution in [-0.2, 0) is 0 Å². The summed E-state index contributed by atoms with van der Waals surface area (Å²) in [5, 5.41) is 1.57. The zero-order chi connectivity index (χ0) is 10.1. The molecule has 0 aliphatic carbocycles. The van der Waals surface area contributed by atoms with E-state index in [9.17, 15) is 4.79 Å². The Morgan fingerprint density at radius 2 is 2.07 bits per heavy atom. The van der Waals surface area contributed by atoms with Gasteiger partial charge in [0.15, 0.2) is 6.29 Å². The summed E-state index contributed by atoms with van der Waals surface area (Å²) in [6.07, 6.45) is 2.29. The van der Waals surface area contributed by atoms with Crippen molar-refractivity contribution in [3.05, 3.63) is 40.0 Å². The second-order valence-corrected chi connectivity index (χ2v) is 3.59. The maximum atomic E-state index is 10.8. The Labute approximate surface area is 90.5 Å². The first-order valence-electron chi connectivity index (χ1n) is 3.92. The summed E-state index contributed by atoms with van der Waals surface area (Å²) >= 11 is 11.8. The third-order valence-corrected chi connectivity index (χ3v) is 2.57. The molecule has 1 heterocycles. The molecule has 0 bridgehead atoms. The van der Waals surface area contributed by atoms with E-state index >= 15 is 0 Å². The molecule has 0 aliphatic heterocycles. The maximum absolute atomic E-state index is 10.8. The van der Waals surface area contributed by atoms with Crippen molar-refractivity contribution >= 4 is 40.4 Å². The summed E-state index contributed by atoms with van der Waals surface area (Å²) in [6, 6.07) is 5.11. The van der Waals surface area contributed by atoms with E-state index in [0.717, 1.165) is 5.39 Å². The molecule has 0 atom stereocenters. The highest BCUT2D eigenvalue weighted by molar-refractivity contribution is 6.40. The monoisotopic (exact) mass is 225 g/mol. The molecule has 4 heteroatoms. The number of nitrogens with zero attached hydrogens (tertiary/aromatic N) is 1. The molecule has 0 fully saturated rings. The Hall–Kier alpha value is -1.12. The molecule has 0 saturated heterocycles. The van der Waals surface area contributed by atoms with Gasteiger partial charge in [0, 0.05) is 11.6 Å². The molecule has 0 aliphatic rings. The van der Waals surface area contributed by atoms with E-state index in [1.165, 1.54) is 0 Å². The molecule has 14 heavy (non-hydrogen) atoms. The van der Waals surface area contributed by atoms with Crippen LogP contribution in [0.5, 0.6) is 0 Å². The lowest BCUT2D eigenvalue weighted by molar-refractivity contribution is 0.112. The summed E-state index contributed by atoms with van der Waals surface area (Å²) in [6.45, 7) is 0. The first kappa shape index (κ1) is 9.44. The van der Waals surface area contributed by atoms with Crippen molar-refractivity contribution < 1.29 is 4.79 Å². The van der Waals surface area contributed by atoms with E-state index in [4.69, 9.17) is 23.2 Å². The molecular formula is C10H5Cl2NO. The predicted molar refractivity (Wildman–Crippen MR) is 57.2 cm³/mol. The van der Waals surface area contributed by atoms with Crippen LogP contribution in [0.4, 0.5) is 0 Å². The van der Waals surface area contributed by atoms with Crippen LogP contribution in [0.25, 0.3) is 10.9 Å². The number of halogens is 2. The number of pyridine rings is 1. The van der Waals surface area contributed by atoms with Crippen molar-refractivity contribution in [2.24, 2.45) is 0 Å². The first-order chi connectivity index (χ1) is 6.74. The van der Waals surface area contributed by atoms with Gasteiger partial charge in [-0.15, -0.1) is 0 Å². The van der Waals surface area contributed by atoms with Gasteiger partial charge in [-0.3, -0.25) is 9.78 Å². The number of hydrogen-bond donors (Lipinski definition) is 0. The number of fused-ring (bicyclic) bond motifs is 1. The van der Waals surface area contributed by atoms with Gasteiger partial charge >= 0.3 is 0 Å². The second-order valence-electron chi connectivity index (χ2n) is 2.77. The highest BCUT2D eigenvalue weighted by Gasteiger charge is 2.09. The van der Waals surface area contributed by atoms with Crippen LogP contribution in [0.1, 0.15) is 10.4 Å². The van der Waals surface area contributed by atoms with E-state index < -0.39 is 0 Å². The Morgan fingerprint density at radius 3 is 2.79 bits per heavy atom. The molecule has 2 aromatic rings. The fourth-order valence-electron chi connectivity index (χ4n) is 1.30. The molecule has 0 radical (unpaired) electrons. The summed E-state index contributed by atoms with van der Waals surface area (Å²) in [7, 11) is 0. The summed E-state index contributed by atoms with van der Waals surface area (Å²) in [5.41, 5.74) is 0.923. The first-order valence-corrected chi connectivity index (χ1v) is 4.67. The van der Waals surface area contributed by atoms with Crippen molar-refractivity contribution in [3.8, 4) is 0 Å². The van der Waals surface area contributed by atoms with Crippen LogP contribution in [0, 0.1) is 0 Å². The van der Waals surface area contributed by atoms with E-state index in [-0.39, 0.29) is 0 Å². The molecule has 1 aromatic heterocycles. The van der Waals surface area contributed by atoms with E-state index in [0.29, 0.717) is 27.4 Å². The molecule has 70 valence electrons. The minimum absolute atomic E-state index is 0.330. The summed E-state index contributed by atoms with van der Waals surface area (Å²) < 4.78 is 0. The van der Waals surface area contributed by atoms with Crippen LogP contribution in [0.3, 0.4) is 0 Å². The lowest BCUT2D eigenvalue weighted by Gasteiger charge is -2.03. The third-order valence-electron chi connectivity index (χ3n) is 1.95. The lowest BCUT2D eigenvalue weighted by atomic mass is 10.1. The zero-order valence-corrected chi connectivity index (χ0v) is 8.51. The average molecular weight is 226 g/mol. The zero-order valence-electron chi connectivity index (χ0n) is 7.00. The van der Waals surface area contributed by atoms with Gasteiger partial charge in [0.1, 0.15) is 0 Å². The van der Waals surface area contributed by atoms with E-state index in [1.807, 2.05) is 0 Å². The Kier molecular flexibility index (Phi) is 2.40. The summed E-state index contributed by atoms with van der Waals surface area (Å²) in [4.78, 5) is 14.9. The average Bonchev–Trinajstić information content (AvgIpc) is 2.18. The van der Waals surface area contributed by atoms with Crippen LogP contribution < -0.4 is 0 Å². The molecule has 2 rings (SSSR count). The van der Waals surface area contributed by atoms with Crippen molar-refractivity contribution in [3.63, 3.8) is 0 Å². The maximum Gasteiger partial charge on any atom is 0.153 e. The van der Waals surface area contributed by atoms with Crippen molar-refractivity contribution in [1.29, 1.82) is 0 Å². The van der Waals surface area contributed by atoms with Crippen LogP contribution in [-0.4, -0.2) is 11.3 Å². The Balaban J connectivity index is 2.97. The fraction of sp³-hybridized carbons (Fsp3) is 0. The van der Waals surface area contributed by atoms with E-state index in [1.54, 1.807) is 24.4 Å². The highest BCUT2D eigenvalue weighted by Crippen LogP contribution is 2.29. The predicted octanol–water partition coefficient (Wildman–Crippen LogP) is 3.35. The second kappa shape index (κ2) is 3.56. The Morgan fingerprint density at radius 1 is 1.29 bits per heavy atom. The fourth-order valence-corrected chi connectivity index (χ4v) is 1.87. The number of aromatic nitrogens is 1. The molecule has 0 unspecified atom stereocenters. The minimum atomic E-state index is 0.330. The van der Waals surface area contributed by atoms with Crippen LogP contribution >= 0.6 is 23.2 Å². The van der Waals surface area contributed by atoms with Crippen LogP contribution in [0.2, 0.25) is 10.0 Å². The standard InChI is InChI=1S/C10H5Cl2NO/c11-8-4-9(12)7(5-14)10-6(8)2-1-3-13-10/h1-5H. The molecule has 0 N–H and O–H groups in total. The molecule has 0 saturated carbocycles. The number of rotatable bonds is 1. The Bertz CT molecular complexity index is 511. The smallest absolute Gasteiger partial charge is 0.153 e. The van der Waals surface area contributed by atoms with Crippen molar-refractivity contribution in [2.45, 2.75) is 0 Å². The minimum Gasteiger partial charge on any atom is -0.298 e. The number of aldehydes is 1. The van der Waals surface area contributed by atoms with Crippen LogP contribution in [0.15, 0.2) is 24.4 Å². The van der Waals surface area contributed by atoms with Gasteiger partial charge in [-0.25, -0.2) is 0 Å². The molecular weight excluding hydrogens is 221 g/mol. The molecule has 0 spiro atoms. The lowest BCUT2D eigenvalue weighted by Crippen LogP contribution is -1.89. The SMILES string of the molecule is O=Cc1c(Cl)cc(Cl)c2cccnc12. The largest absolute Gasteiger partial charge is 0.298 e. The molecule has 0 amide bonds. The van der Waals surface area contributed by atoms with Gasteiger partial charge < -0.3 is 0 Å². The van der Waals surface area contributed by atoms with E-state index in [2.05, 4.69) is 4.98 Å². The number of benzene rings is 1. The number of carbonyl (C=O) groups excluding carboxylic acids is 1. The highest BCUT2D eigenvalue weighted by atomic mass is 35.5. The molecule has 2 nitrogen and oxygen atoms in total. The number of hydrogen-bond acceptors (Lipinski definition) is 2. The molecule has 1 aromatic carbocycles. The van der Waals surface area contributed by atoms with Crippen molar-refractivity contribution in [1.82, 2.24) is 4.98 Å².